The average molecular weight is 359 g/mol. The van der Waals surface area contributed by atoms with Gasteiger partial charge in [0.1, 0.15) is 17.7 Å². The van der Waals surface area contributed by atoms with Crippen molar-refractivity contribution in [2.45, 2.75) is 19.3 Å². The molecule has 26 heavy (non-hydrogen) atoms. The van der Waals surface area contributed by atoms with E-state index >= 15 is 0 Å². The first-order valence-corrected chi connectivity index (χ1v) is 8.85. The summed E-state index contributed by atoms with van der Waals surface area (Å²) in [5, 5.41) is 12.1. The second-order valence-corrected chi connectivity index (χ2v) is 6.51. The Morgan fingerprint density at radius 2 is 2.31 bits per heavy atom. The number of hydrogen-bond acceptors (Lipinski definition) is 6. The molecule has 1 aromatic heterocycles. The number of aromatic nitrogens is 2. The van der Waals surface area contributed by atoms with Gasteiger partial charge in [0.05, 0.1) is 12.5 Å². The van der Waals surface area contributed by atoms with Crippen LogP contribution in [0.2, 0.25) is 0 Å². The van der Waals surface area contributed by atoms with Crippen LogP contribution in [0.25, 0.3) is 0 Å². The van der Waals surface area contributed by atoms with Gasteiger partial charge in [-0.25, -0.2) is 14.4 Å². The third kappa shape index (κ3) is 4.55. The number of hydrogen-bond donors (Lipinski definition) is 1. The Bertz CT molecular complexity index is 712. The summed E-state index contributed by atoms with van der Waals surface area (Å²) >= 11 is 0. The van der Waals surface area contributed by atoms with E-state index in [2.05, 4.69) is 15.3 Å². The van der Waals surface area contributed by atoms with E-state index in [-0.39, 0.29) is 35.9 Å². The van der Waals surface area contributed by atoms with Crippen molar-refractivity contribution in [1.82, 2.24) is 14.9 Å². The van der Waals surface area contributed by atoms with Crippen molar-refractivity contribution in [3.8, 4) is 6.07 Å². The summed E-state index contributed by atoms with van der Waals surface area (Å²) in [7, 11) is 0. The predicted octanol–water partition coefficient (Wildman–Crippen LogP) is 1.89. The number of nitriles is 1. The largest absolute Gasteiger partial charge is 0.381 e. The maximum absolute atomic E-state index is 13.6. The molecule has 0 aliphatic carbocycles. The van der Waals surface area contributed by atoms with Crippen molar-refractivity contribution in [3.63, 3.8) is 0 Å². The van der Waals surface area contributed by atoms with E-state index in [0.29, 0.717) is 38.5 Å². The Balaban J connectivity index is 1.71. The number of carbonyl (C=O) groups excluding carboxylic acids is 1. The summed E-state index contributed by atoms with van der Waals surface area (Å²) in [6.07, 6.45) is 5.19. The van der Waals surface area contributed by atoms with Crippen molar-refractivity contribution >= 4 is 11.7 Å². The normalized spacial score (nSPS) is 19.4. The predicted molar refractivity (Wildman–Crippen MR) is 92.7 cm³/mol. The number of amides is 1. The highest BCUT2D eigenvalue weighted by Crippen LogP contribution is 2.27. The molecule has 2 aliphatic rings. The number of anilines is 1. The van der Waals surface area contributed by atoms with E-state index in [9.17, 15) is 9.18 Å². The zero-order valence-electron chi connectivity index (χ0n) is 14.5. The van der Waals surface area contributed by atoms with Gasteiger partial charge < -0.3 is 15.0 Å². The van der Waals surface area contributed by atoms with Gasteiger partial charge in [0.2, 0.25) is 11.7 Å². The molecular weight excluding hydrogens is 337 g/mol. The molecule has 1 N–H and O–H groups in total. The molecule has 8 heteroatoms. The first-order valence-electron chi connectivity index (χ1n) is 8.85. The van der Waals surface area contributed by atoms with Crippen LogP contribution in [0.4, 0.5) is 10.2 Å². The zero-order chi connectivity index (χ0) is 18.4. The fourth-order valence-corrected chi connectivity index (χ4v) is 3.42. The molecule has 0 saturated carbocycles. The van der Waals surface area contributed by atoms with Crippen molar-refractivity contribution < 1.29 is 13.9 Å². The van der Waals surface area contributed by atoms with Crippen LogP contribution in [-0.2, 0) is 9.53 Å². The van der Waals surface area contributed by atoms with Gasteiger partial charge in [-0.2, -0.15) is 5.26 Å². The first-order chi connectivity index (χ1) is 12.7. The lowest BCUT2D eigenvalue weighted by Crippen LogP contribution is -2.45. The third-order valence-electron chi connectivity index (χ3n) is 4.83. The van der Waals surface area contributed by atoms with Crippen LogP contribution < -0.4 is 5.32 Å². The third-order valence-corrected chi connectivity index (χ3v) is 4.83. The van der Waals surface area contributed by atoms with Crippen molar-refractivity contribution in [3.05, 3.63) is 30.0 Å². The first kappa shape index (κ1) is 18.3. The molecule has 1 amide bonds. The van der Waals surface area contributed by atoms with E-state index in [1.54, 1.807) is 11.0 Å². The topological polar surface area (TPSA) is 91.1 Å². The molecule has 0 radical (unpaired) electrons. The molecule has 7 nitrogen and oxygen atoms in total. The van der Waals surface area contributed by atoms with Gasteiger partial charge in [-0.3, -0.25) is 4.79 Å². The zero-order valence-corrected chi connectivity index (χ0v) is 14.5. The fraction of sp³-hybridized carbons (Fsp3) is 0.556. The molecule has 0 aromatic carbocycles. The van der Waals surface area contributed by atoms with Gasteiger partial charge >= 0.3 is 0 Å². The lowest BCUT2D eigenvalue weighted by atomic mass is 9.84. The highest BCUT2D eigenvalue weighted by Gasteiger charge is 2.33. The van der Waals surface area contributed by atoms with Crippen LogP contribution in [-0.4, -0.2) is 53.6 Å². The van der Waals surface area contributed by atoms with Gasteiger partial charge in [0.15, 0.2) is 0 Å². The summed E-state index contributed by atoms with van der Waals surface area (Å²) in [5.74, 6) is 0.179. The van der Waals surface area contributed by atoms with Crippen molar-refractivity contribution in [2.75, 3.05) is 38.2 Å². The van der Waals surface area contributed by atoms with E-state index in [4.69, 9.17) is 10.00 Å². The Morgan fingerprint density at radius 1 is 1.50 bits per heavy atom. The molecule has 138 valence electrons. The number of ether oxygens (including phenoxy) is 1. The highest BCUT2D eigenvalue weighted by atomic mass is 19.1. The molecule has 3 heterocycles. The monoisotopic (exact) mass is 359 g/mol. The summed E-state index contributed by atoms with van der Waals surface area (Å²) in [6.45, 7) is 2.24. The number of rotatable bonds is 5. The summed E-state index contributed by atoms with van der Waals surface area (Å²) < 4.78 is 19.0. The van der Waals surface area contributed by atoms with Crippen LogP contribution in [0, 0.1) is 23.2 Å². The van der Waals surface area contributed by atoms with Gasteiger partial charge in [-0.05, 0) is 37.3 Å². The molecule has 3 rings (SSSR count). The van der Waals surface area contributed by atoms with E-state index in [1.807, 2.05) is 6.07 Å². The van der Waals surface area contributed by atoms with Crippen LogP contribution in [0.15, 0.2) is 24.2 Å². The lowest BCUT2D eigenvalue weighted by Gasteiger charge is -2.34. The van der Waals surface area contributed by atoms with Crippen LogP contribution >= 0.6 is 0 Å². The molecule has 1 saturated heterocycles. The Kier molecular flexibility index (Phi) is 6.12. The van der Waals surface area contributed by atoms with Gasteiger partial charge in [0, 0.05) is 32.5 Å². The van der Waals surface area contributed by atoms with E-state index in [1.165, 1.54) is 12.3 Å². The number of nitrogens with one attached hydrogen (secondary N) is 1. The SMILES string of the molecule is N#Cc1nccc(NCC(C(=O)N2CCC=C(F)C2)C2CCOCC2)n1. The molecule has 0 bridgehead atoms. The summed E-state index contributed by atoms with van der Waals surface area (Å²) in [6, 6.07) is 3.56. The molecule has 1 aromatic rings. The second-order valence-electron chi connectivity index (χ2n) is 6.51. The van der Waals surface area contributed by atoms with Crippen LogP contribution in [0.3, 0.4) is 0 Å². The van der Waals surface area contributed by atoms with E-state index in [0.717, 1.165) is 12.8 Å². The average Bonchev–Trinajstić information content (AvgIpc) is 2.69. The number of halogens is 1. The van der Waals surface area contributed by atoms with Crippen LogP contribution in [0.1, 0.15) is 25.1 Å². The number of carbonyl (C=O) groups is 1. The maximum Gasteiger partial charge on any atom is 0.234 e. The lowest BCUT2D eigenvalue weighted by molar-refractivity contribution is -0.138. The standard InChI is InChI=1S/C18H22FN5O2/c19-14-2-1-7-24(12-14)18(25)15(13-4-8-26-9-5-13)11-22-16-3-6-21-17(10-20)23-16/h2-3,6,13,15H,1,4-5,7-9,11-12H2,(H,21,22,23). The van der Waals surface area contributed by atoms with Crippen molar-refractivity contribution in [2.24, 2.45) is 11.8 Å². The molecular formula is C18H22FN5O2. The molecule has 1 atom stereocenters. The minimum atomic E-state index is -0.287. The molecule has 1 fully saturated rings. The fourth-order valence-electron chi connectivity index (χ4n) is 3.42. The molecule has 0 spiro atoms. The minimum Gasteiger partial charge on any atom is -0.381 e. The van der Waals surface area contributed by atoms with Crippen LogP contribution in [0.5, 0.6) is 0 Å². The number of nitrogens with zero attached hydrogens (tertiary/aromatic N) is 4. The quantitative estimate of drug-likeness (QED) is 0.863. The second kappa shape index (κ2) is 8.72. The Hall–Kier alpha value is -2.53. The van der Waals surface area contributed by atoms with E-state index < -0.39 is 0 Å². The van der Waals surface area contributed by atoms with Crippen molar-refractivity contribution in [1.29, 1.82) is 5.26 Å². The van der Waals surface area contributed by atoms with Gasteiger partial charge in [0.25, 0.3) is 0 Å². The minimum absolute atomic E-state index is 0.0396. The summed E-state index contributed by atoms with van der Waals surface area (Å²) in [4.78, 5) is 22.6. The Labute approximate surface area is 151 Å². The molecule has 2 aliphatic heterocycles. The van der Waals surface area contributed by atoms with Gasteiger partial charge in [-0.1, -0.05) is 0 Å². The van der Waals surface area contributed by atoms with Gasteiger partial charge in [-0.15, -0.1) is 0 Å². The Morgan fingerprint density at radius 3 is 3.04 bits per heavy atom. The maximum atomic E-state index is 13.6. The molecule has 1 unspecified atom stereocenters. The smallest absolute Gasteiger partial charge is 0.234 e. The summed E-state index contributed by atoms with van der Waals surface area (Å²) in [5.41, 5.74) is 0. The highest BCUT2D eigenvalue weighted by molar-refractivity contribution is 5.80.